The third-order valence-electron chi connectivity index (χ3n) is 3.58. The van der Waals surface area contributed by atoms with E-state index in [9.17, 15) is 5.11 Å². The first-order chi connectivity index (χ1) is 9.25. The molecular weight excluding hydrogens is 260 g/mol. The summed E-state index contributed by atoms with van der Waals surface area (Å²) in [5, 5.41) is 11.1. The van der Waals surface area contributed by atoms with Crippen molar-refractivity contribution in [1.82, 2.24) is 0 Å². The first-order valence-corrected chi connectivity index (χ1v) is 6.76. The van der Waals surface area contributed by atoms with Gasteiger partial charge in [-0.05, 0) is 29.7 Å². The van der Waals surface area contributed by atoms with Gasteiger partial charge in [-0.25, -0.2) is 0 Å². The molecule has 1 N–H and O–H groups in total. The Morgan fingerprint density at radius 3 is 2.68 bits per heavy atom. The van der Waals surface area contributed by atoms with Gasteiger partial charge in [0.2, 0.25) is 0 Å². The molecule has 0 amide bonds. The SMILES string of the molecule is OC(c1ccccc1Cl)C1COc2ccccc2C1. The Morgan fingerprint density at radius 2 is 1.84 bits per heavy atom. The predicted octanol–water partition coefficient (Wildman–Crippen LogP) is 3.62. The van der Waals surface area contributed by atoms with E-state index in [1.54, 1.807) is 6.07 Å². The molecule has 0 fully saturated rings. The fourth-order valence-corrected chi connectivity index (χ4v) is 2.77. The summed E-state index contributed by atoms with van der Waals surface area (Å²) in [5.74, 6) is 0.958. The highest BCUT2D eigenvalue weighted by Gasteiger charge is 2.28. The maximum absolute atomic E-state index is 10.5. The van der Waals surface area contributed by atoms with Crippen LogP contribution in [0.5, 0.6) is 5.75 Å². The van der Waals surface area contributed by atoms with Gasteiger partial charge in [-0.15, -0.1) is 0 Å². The van der Waals surface area contributed by atoms with Crippen LogP contribution in [-0.2, 0) is 6.42 Å². The molecule has 0 saturated heterocycles. The molecule has 2 aromatic rings. The van der Waals surface area contributed by atoms with Gasteiger partial charge in [-0.1, -0.05) is 48.0 Å². The van der Waals surface area contributed by atoms with Gasteiger partial charge in [0.1, 0.15) is 5.75 Å². The molecule has 0 bridgehead atoms. The molecule has 0 aromatic heterocycles. The van der Waals surface area contributed by atoms with E-state index in [0.717, 1.165) is 23.3 Å². The Kier molecular flexibility index (Phi) is 3.45. The Hall–Kier alpha value is -1.51. The average Bonchev–Trinajstić information content (AvgIpc) is 2.46. The number of fused-ring (bicyclic) bond motifs is 1. The van der Waals surface area contributed by atoms with E-state index < -0.39 is 6.10 Å². The van der Waals surface area contributed by atoms with Crippen molar-refractivity contribution >= 4 is 11.6 Å². The van der Waals surface area contributed by atoms with Gasteiger partial charge < -0.3 is 9.84 Å². The minimum Gasteiger partial charge on any atom is -0.493 e. The van der Waals surface area contributed by atoms with Crippen LogP contribution in [0.3, 0.4) is 0 Å². The lowest BCUT2D eigenvalue weighted by molar-refractivity contribution is 0.0645. The van der Waals surface area contributed by atoms with E-state index in [0.29, 0.717) is 11.6 Å². The van der Waals surface area contributed by atoms with Crippen LogP contribution >= 0.6 is 11.6 Å². The predicted molar refractivity (Wildman–Crippen MR) is 75.5 cm³/mol. The second-order valence-electron chi connectivity index (χ2n) is 4.85. The van der Waals surface area contributed by atoms with E-state index >= 15 is 0 Å². The zero-order valence-corrected chi connectivity index (χ0v) is 11.2. The molecule has 19 heavy (non-hydrogen) atoms. The minimum atomic E-state index is -0.595. The number of halogens is 1. The van der Waals surface area contributed by atoms with Crippen LogP contribution in [0, 0.1) is 5.92 Å². The molecule has 3 rings (SSSR count). The fourth-order valence-electron chi connectivity index (χ4n) is 2.52. The molecule has 0 aliphatic carbocycles. The largest absolute Gasteiger partial charge is 0.493 e. The first kappa shape index (κ1) is 12.5. The van der Waals surface area contributed by atoms with E-state index in [4.69, 9.17) is 16.3 Å². The Labute approximate surface area is 117 Å². The molecule has 3 heteroatoms. The maximum Gasteiger partial charge on any atom is 0.122 e. The third-order valence-corrected chi connectivity index (χ3v) is 3.92. The lowest BCUT2D eigenvalue weighted by atomic mass is 9.88. The lowest BCUT2D eigenvalue weighted by Crippen LogP contribution is -2.26. The summed E-state index contributed by atoms with van der Waals surface area (Å²) >= 11 is 6.14. The van der Waals surface area contributed by atoms with Crippen LogP contribution in [-0.4, -0.2) is 11.7 Å². The molecular formula is C16H15ClO2. The Bertz CT molecular complexity index is 582. The highest BCUT2D eigenvalue weighted by Crippen LogP contribution is 2.35. The smallest absolute Gasteiger partial charge is 0.122 e. The van der Waals surface area contributed by atoms with Crippen molar-refractivity contribution in [2.75, 3.05) is 6.61 Å². The molecule has 1 aliphatic heterocycles. The second-order valence-corrected chi connectivity index (χ2v) is 5.26. The van der Waals surface area contributed by atoms with Crippen molar-refractivity contribution in [3.63, 3.8) is 0 Å². The van der Waals surface area contributed by atoms with Gasteiger partial charge in [0.05, 0.1) is 12.7 Å². The zero-order chi connectivity index (χ0) is 13.2. The molecule has 2 atom stereocenters. The molecule has 0 radical (unpaired) electrons. The summed E-state index contributed by atoms with van der Waals surface area (Å²) < 4.78 is 5.72. The fraction of sp³-hybridized carbons (Fsp3) is 0.250. The monoisotopic (exact) mass is 274 g/mol. The molecule has 1 aliphatic rings. The average molecular weight is 275 g/mol. The summed E-state index contributed by atoms with van der Waals surface area (Å²) in [6.07, 6.45) is 0.213. The van der Waals surface area contributed by atoms with Crippen molar-refractivity contribution in [3.8, 4) is 5.75 Å². The van der Waals surface area contributed by atoms with Gasteiger partial charge in [-0.3, -0.25) is 0 Å². The number of ether oxygens (including phenoxy) is 1. The quantitative estimate of drug-likeness (QED) is 0.906. The molecule has 0 spiro atoms. The number of aliphatic hydroxyl groups excluding tert-OH is 1. The highest BCUT2D eigenvalue weighted by atomic mass is 35.5. The van der Waals surface area contributed by atoms with Crippen molar-refractivity contribution in [1.29, 1.82) is 0 Å². The van der Waals surface area contributed by atoms with Crippen LogP contribution < -0.4 is 4.74 Å². The topological polar surface area (TPSA) is 29.5 Å². The number of hydrogen-bond donors (Lipinski definition) is 1. The molecule has 2 aromatic carbocycles. The van der Waals surface area contributed by atoms with Crippen molar-refractivity contribution in [2.45, 2.75) is 12.5 Å². The highest BCUT2D eigenvalue weighted by molar-refractivity contribution is 6.31. The van der Waals surface area contributed by atoms with Gasteiger partial charge in [-0.2, -0.15) is 0 Å². The van der Waals surface area contributed by atoms with Crippen molar-refractivity contribution in [2.24, 2.45) is 5.92 Å². The van der Waals surface area contributed by atoms with Crippen LogP contribution in [0.1, 0.15) is 17.2 Å². The molecule has 1 heterocycles. The summed E-state index contributed by atoms with van der Waals surface area (Å²) in [5.41, 5.74) is 1.92. The molecule has 2 nitrogen and oxygen atoms in total. The van der Waals surface area contributed by atoms with Crippen LogP contribution in [0.2, 0.25) is 5.02 Å². The standard InChI is InChI=1S/C16H15ClO2/c17-14-7-3-2-6-13(14)16(18)12-9-11-5-1-4-8-15(11)19-10-12/h1-8,12,16,18H,9-10H2. The number of para-hydroxylation sites is 1. The van der Waals surface area contributed by atoms with E-state index in [-0.39, 0.29) is 5.92 Å². The zero-order valence-electron chi connectivity index (χ0n) is 10.4. The van der Waals surface area contributed by atoms with E-state index in [1.807, 2.05) is 42.5 Å². The number of benzene rings is 2. The summed E-state index contributed by atoms with van der Waals surface area (Å²) in [7, 11) is 0. The lowest BCUT2D eigenvalue weighted by Gasteiger charge is -2.29. The summed E-state index contributed by atoms with van der Waals surface area (Å²) in [6, 6.07) is 15.4. The maximum atomic E-state index is 10.5. The number of hydrogen-bond acceptors (Lipinski definition) is 2. The van der Waals surface area contributed by atoms with Gasteiger partial charge in [0.25, 0.3) is 0 Å². The first-order valence-electron chi connectivity index (χ1n) is 6.39. The minimum absolute atomic E-state index is 0.0369. The third kappa shape index (κ3) is 2.46. The second kappa shape index (κ2) is 5.24. The Balaban J connectivity index is 1.83. The number of aliphatic hydroxyl groups is 1. The van der Waals surface area contributed by atoms with E-state index in [1.165, 1.54) is 0 Å². The normalized spacial score (nSPS) is 19.4. The number of rotatable bonds is 2. The van der Waals surface area contributed by atoms with Gasteiger partial charge in [0.15, 0.2) is 0 Å². The van der Waals surface area contributed by atoms with Gasteiger partial charge in [0, 0.05) is 10.9 Å². The molecule has 0 saturated carbocycles. The van der Waals surface area contributed by atoms with Crippen molar-refractivity contribution < 1.29 is 9.84 Å². The van der Waals surface area contributed by atoms with Crippen molar-refractivity contribution in [3.05, 3.63) is 64.7 Å². The Morgan fingerprint density at radius 1 is 1.11 bits per heavy atom. The molecule has 98 valence electrons. The van der Waals surface area contributed by atoms with Gasteiger partial charge >= 0.3 is 0 Å². The molecule has 2 unspecified atom stereocenters. The summed E-state index contributed by atoms with van der Waals surface area (Å²) in [6.45, 7) is 0.517. The van der Waals surface area contributed by atoms with Crippen LogP contribution in [0.25, 0.3) is 0 Å². The van der Waals surface area contributed by atoms with Crippen LogP contribution in [0.4, 0.5) is 0 Å². The summed E-state index contributed by atoms with van der Waals surface area (Å²) in [4.78, 5) is 0. The van der Waals surface area contributed by atoms with Crippen LogP contribution in [0.15, 0.2) is 48.5 Å². The van der Waals surface area contributed by atoms with E-state index in [2.05, 4.69) is 0 Å².